The van der Waals surface area contributed by atoms with Gasteiger partial charge in [0.25, 0.3) is 0 Å². The molecule has 1 N–H and O–H groups in total. The summed E-state index contributed by atoms with van der Waals surface area (Å²) < 4.78 is 0. The summed E-state index contributed by atoms with van der Waals surface area (Å²) in [5.41, 5.74) is 0. The van der Waals surface area contributed by atoms with Crippen molar-refractivity contribution in [1.29, 1.82) is 0 Å². The molecular weight excluding hydrogens is 68.0 g/mol. The van der Waals surface area contributed by atoms with Gasteiger partial charge in [-0.2, -0.15) is 0 Å². The fourth-order valence-corrected chi connectivity index (χ4v) is 0. The highest BCUT2D eigenvalue weighted by atomic mass is 16.5. The smallest absolute Gasteiger partial charge is 0.0160 e. The van der Waals surface area contributed by atoms with E-state index in [-0.39, 0.29) is 0 Å². The lowest BCUT2D eigenvalue weighted by molar-refractivity contribution is -0.533. The van der Waals surface area contributed by atoms with Crippen LogP contribution in [0.2, 0.25) is 0 Å². The van der Waals surface area contributed by atoms with E-state index in [1.165, 1.54) is 13.8 Å². The average molecular weight is 75.1 g/mol. The van der Waals surface area contributed by atoms with E-state index in [9.17, 15) is 5.11 Å². The molecule has 0 aliphatic heterocycles. The van der Waals surface area contributed by atoms with Crippen molar-refractivity contribution in [2.24, 2.45) is 0 Å². The molecule has 0 aliphatic carbocycles. The fourth-order valence-electron chi connectivity index (χ4n) is 0. The minimum Gasteiger partial charge on any atom is -0.829 e. The van der Waals surface area contributed by atoms with Crippen molar-refractivity contribution >= 4 is 0 Å². The van der Waals surface area contributed by atoms with Crippen molar-refractivity contribution in [2.45, 2.75) is 19.6 Å². The molecule has 5 heavy (non-hydrogen) atoms. The molecule has 0 spiro atoms. The van der Waals surface area contributed by atoms with Crippen LogP contribution in [0.1, 0.15) is 13.8 Å². The maximum atomic E-state index is 9.66. The van der Waals surface area contributed by atoms with Gasteiger partial charge in [0.05, 0.1) is 0 Å². The fraction of sp³-hybridized carbons (Fsp3) is 1.00. The molecule has 0 amide bonds. The van der Waals surface area contributed by atoms with Crippen molar-refractivity contribution in [3.05, 3.63) is 0 Å². The van der Waals surface area contributed by atoms with Gasteiger partial charge in [-0.3, -0.25) is 0 Å². The molecule has 0 radical (unpaired) electrons. The Morgan fingerprint density at radius 2 is 1.60 bits per heavy atom. The van der Waals surface area contributed by atoms with Crippen LogP contribution < -0.4 is 5.11 Å². The highest BCUT2D eigenvalue weighted by Crippen LogP contribution is 1.81. The molecule has 0 atom stereocenters. The van der Waals surface area contributed by atoms with Gasteiger partial charge in [0.2, 0.25) is 0 Å². The van der Waals surface area contributed by atoms with Crippen LogP contribution in [0.3, 0.4) is 0 Å². The van der Waals surface area contributed by atoms with E-state index in [0.29, 0.717) is 0 Å². The number of aliphatic hydroxyl groups is 1. The molecule has 0 aromatic carbocycles. The lowest BCUT2D eigenvalue weighted by Gasteiger charge is -2.21. The van der Waals surface area contributed by atoms with E-state index in [2.05, 4.69) is 0 Å². The maximum absolute atomic E-state index is 9.66. The molecule has 32 valence electrons. The van der Waals surface area contributed by atoms with E-state index < -0.39 is 5.79 Å². The van der Waals surface area contributed by atoms with Crippen molar-refractivity contribution in [3.63, 3.8) is 0 Å². The molecular formula is C3H7O2-. The first-order valence-electron chi connectivity index (χ1n) is 1.43. The SMILES string of the molecule is CC(C)([O-])O. The lowest BCUT2D eigenvalue weighted by Crippen LogP contribution is -2.35. The predicted molar refractivity (Wildman–Crippen MR) is 16.3 cm³/mol. The van der Waals surface area contributed by atoms with Crippen LogP contribution in [0, 0.1) is 0 Å². The minimum absolute atomic E-state index is 1.19. The normalized spacial score (nSPS) is 12.0. The van der Waals surface area contributed by atoms with Gasteiger partial charge < -0.3 is 10.2 Å². The summed E-state index contributed by atoms with van der Waals surface area (Å²) >= 11 is 0. The Morgan fingerprint density at radius 3 is 1.60 bits per heavy atom. The molecule has 0 aromatic rings. The topological polar surface area (TPSA) is 43.3 Å². The van der Waals surface area contributed by atoms with Crippen LogP contribution in [0.25, 0.3) is 0 Å². The summed E-state index contributed by atoms with van der Waals surface area (Å²) in [7, 11) is 0. The Bertz CT molecular complexity index is 20.4. The quantitative estimate of drug-likeness (QED) is 0.378. The monoisotopic (exact) mass is 75.0 g/mol. The molecule has 0 bridgehead atoms. The lowest BCUT2D eigenvalue weighted by atomic mass is 10.4. The zero-order chi connectivity index (χ0) is 4.50. The molecule has 0 rings (SSSR count). The van der Waals surface area contributed by atoms with Crippen molar-refractivity contribution < 1.29 is 10.2 Å². The molecule has 2 heteroatoms. The largest absolute Gasteiger partial charge is 0.829 e. The molecule has 0 heterocycles. The zero-order valence-electron chi connectivity index (χ0n) is 3.36. The zero-order valence-corrected chi connectivity index (χ0v) is 3.36. The third kappa shape index (κ3) is 2260. The first kappa shape index (κ1) is 4.92. The first-order chi connectivity index (χ1) is 2.00. The molecule has 0 unspecified atom stereocenters. The van der Waals surface area contributed by atoms with Gasteiger partial charge in [0, 0.05) is 0 Å². The predicted octanol–water partition coefficient (Wildman–Crippen LogP) is -0.925. The second kappa shape index (κ2) is 0.954. The molecule has 0 aliphatic rings. The van der Waals surface area contributed by atoms with Crippen LogP contribution in [-0.2, 0) is 0 Å². The minimum atomic E-state index is -1.75. The third-order valence-electron chi connectivity index (χ3n) is 0. The van der Waals surface area contributed by atoms with Gasteiger partial charge in [-0.05, 0) is 5.79 Å². The highest BCUT2D eigenvalue weighted by molar-refractivity contribution is 4.34. The van der Waals surface area contributed by atoms with Gasteiger partial charge >= 0.3 is 0 Å². The molecule has 0 saturated heterocycles. The molecule has 0 aromatic heterocycles. The summed E-state index contributed by atoms with van der Waals surface area (Å²) in [6, 6.07) is 0. The molecule has 2 nitrogen and oxygen atoms in total. The Balaban J connectivity index is 3.02. The van der Waals surface area contributed by atoms with Gasteiger partial charge in [0.15, 0.2) is 0 Å². The second-order valence-corrected chi connectivity index (χ2v) is 1.45. The summed E-state index contributed by atoms with van der Waals surface area (Å²) in [4.78, 5) is 0. The average Bonchev–Trinajstić information content (AvgIpc) is 0.722. The van der Waals surface area contributed by atoms with E-state index in [4.69, 9.17) is 5.11 Å². The van der Waals surface area contributed by atoms with E-state index in [1.54, 1.807) is 0 Å². The van der Waals surface area contributed by atoms with Crippen LogP contribution in [0.15, 0.2) is 0 Å². The standard InChI is InChI=1S/C3H7O2/c1-3(2,4)5/h4H,1-2H3/q-1. The van der Waals surface area contributed by atoms with Crippen LogP contribution in [0.5, 0.6) is 0 Å². The number of hydrogen-bond donors (Lipinski definition) is 1. The summed E-state index contributed by atoms with van der Waals surface area (Å²) in [5.74, 6) is -1.75. The highest BCUT2D eigenvalue weighted by Gasteiger charge is 1.85. The van der Waals surface area contributed by atoms with Gasteiger partial charge in [-0.15, -0.1) is 0 Å². The van der Waals surface area contributed by atoms with Gasteiger partial charge in [0.1, 0.15) is 0 Å². The second-order valence-electron chi connectivity index (χ2n) is 1.45. The molecule has 0 saturated carbocycles. The van der Waals surface area contributed by atoms with Crippen LogP contribution >= 0.6 is 0 Å². The number of hydrogen-bond acceptors (Lipinski definition) is 2. The van der Waals surface area contributed by atoms with E-state index in [0.717, 1.165) is 0 Å². The van der Waals surface area contributed by atoms with Gasteiger partial charge in [-0.25, -0.2) is 0 Å². The Hall–Kier alpha value is -0.0800. The van der Waals surface area contributed by atoms with Crippen molar-refractivity contribution in [1.82, 2.24) is 0 Å². The van der Waals surface area contributed by atoms with Crippen molar-refractivity contribution in [2.75, 3.05) is 0 Å². The maximum Gasteiger partial charge on any atom is -0.0160 e. The summed E-state index contributed by atoms with van der Waals surface area (Å²) in [5, 5.41) is 17.6. The van der Waals surface area contributed by atoms with Crippen molar-refractivity contribution in [3.8, 4) is 0 Å². The third-order valence-corrected chi connectivity index (χ3v) is 0. The van der Waals surface area contributed by atoms with Crippen LogP contribution in [-0.4, -0.2) is 10.9 Å². The Morgan fingerprint density at radius 1 is 1.60 bits per heavy atom. The van der Waals surface area contributed by atoms with Gasteiger partial charge in [-0.1, -0.05) is 13.8 Å². The van der Waals surface area contributed by atoms with Crippen LogP contribution in [0.4, 0.5) is 0 Å². The summed E-state index contributed by atoms with van der Waals surface area (Å²) in [6.07, 6.45) is 0. The first-order valence-corrected chi connectivity index (χ1v) is 1.43. The number of rotatable bonds is 0. The Labute approximate surface area is 31.1 Å². The van der Waals surface area contributed by atoms with E-state index in [1.807, 2.05) is 0 Å². The Kier molecular flexibility index (Phi) is 0.938. The summed E-state index contributed by atoms with van der Waals surface area (Å²) in [6.45, 7) is 2.38. The van der Waals surface area contributed by atoms with E-state index >= 15 is 0 Å². The molecule has 0 fully saturated rings.